The summed E-state index contributed by atoms with van der Waals surface area (Å²) in [7, 11) is -4.19. The second kappa shape index (κ2) is 8.11. The maximum absolute atomic E-state index is 13.0. The third-order valence-electron chi connectivity index (χ3n) is 4.55. The Labute approximate surface area is 175 Å². The van der Waals surface area contributed by atoms with Crippen LogP contribution in [-0.4, -0.2) is 70.0 Å². The minimum absolute atomic E-state index is 0.0609. The standard InChI is InChI=1S/C17H16F3N7O3S/c18-17(19,20)30-13-3-1-2-4-14(13)31(28,29)26-7-5-25(6-8-26)15-9-16(23-11-22-15)27-12-21-10-24-27/h1-4,9-12H,5-8H2. The number of halogens is 3. The molecule has 31 heavy (non-hydrogen) atoms. The van der Waals surface area contributed by atoms with E-state index in [0.717, 1.165) is 16.4 Å². The van der Waals surface area contributed by atoms with Crippen molar-refractivity contribution in [2.45, 2.75) is 11.3 Å². The van der Waals surface area contributed by atoms with Crippen LogP contribution < -0.4 is 9.64 Å². The van der Waals surface area contributed by atoms with Crippen molar-refractivity contribution < 1.29 is 26.3 Å². The van der Waals surface area contributed by atoms with Crippen LogP contribution in [0.25, 0.3) is 5.82 Å². The number of piperazine rings is 1. The summed E-state index contributed by atoms with van der Waals surface area (Å²) in [6, 6.07) is 6.38. The second-order valence-electron chi connectivity index (χ2n) is 6.46. The molecular weight excluding hydrogens is 439 g/mol. The number of hydrogen-bond acceptors (Lipinski definition) is 8. The van der Waals surface area contributed by atoms with E-state index < -0.39 is 27.0 Å². The zero-order chi connectivity index (χ0) is 22.1. The number of nitrogens with zero attached hydrogens (tertiary/aromatic N) is 7. The highest BCUT2D eigenvalue weighted by Gasteiger charge is 2.36. The van der Waals surface area contributed by atoms with Crippen LogP contribution in [0.5, 0.6) is 5.75 Å². The molecule has 0 bridgehead atoms. The van der Waals surface area contributed by atoms with Gasteiger partial charge >= 0.3 is 6.36 Å². The molecule has 4 rings (SSSR count). The molecule has 0 atom stereocenters. The molecular formula is C17H16F3N7O3S. The van der Waals surface area contributed by atoms with E-state index in [2.05, 4.69) is 24.8 Å². The predicted octanol–water partition coefficient (Wildman–Crippen LogP) is 1.47. The van der Waals surface area contributed by atoms with Gasteiger partial charge in [-0.15, -0.1) is 13.2 Å². The highest BCUT2D eigenvalue weighted by atomic mass is 32.2. The molecule has 3 aromatic rings. The van der Waals surface area contributed by atoms with E-state index >= 15 is 0 Å². The quantitative estimate of drug-likeness (QED) is 0.570. The van der Waals surface area contributed by atoms with E-state index in [0.29, 0.717) is 11.6 Å². The van der Waals surface area contributed by atoms with Crippen molar-refractivity contribution >= 4 is 15.8 Å². The molecule has 3 heterocycles. The van der Waals surface area contributed by atoms with Crippen LogP contribution in [0.15, 0.2) is 54.2 Å². The predicted molar refractivity (Wildman–Crippen MR) is 101 cm³/mol. The lowest BCUT2D eigenvalue weighted by atomic mass is 10.3. The summed E-state index contributed by atoms with van der Waals surface area (Å²) in [6.45, 7) is 0.696. The number of sulfonamides is 1. The molecule has 10 nitrogen and oxygen atoms in total. The molecule has 164 valence electrons. The molecule has 1 aliphatic heterocycles. The average Bonchev–Trinajstić information content (AvgIpc) is 3.28. The van der Waals surface area contributed by atoms with Gasteiger partial charge in [0, 0.05) is 32.2 Å². The molecule has 14 heteroatoms. The van der Waals surface area contributed by atoms with Crippen molar-refractivity contribution in [3.05, 3.63) is 49.3 Å². The molecule has 1 saturated heterocycles. The number of para-hydroxylation sites is 1. The van der Waals surface area contributed by atoms with Gasteiger partial charge in [0.25, 0.3) is 0 Å². The summed E-state index contributed by atoms with van der Waals surface area (Å²) >= 11 is 0. The van der Waals surface area contributed by atoms with E-state index in [-0.39, 0.29) is 26.2 Å². The van der Waals surface area contributed by atoms with Gasteiger partial charge in [-0.25, -0.2) is 28.1 Å². The van der Waals surface area contributed by atoms with Gasteiger partial charge in [0.05, 0.1) is 0 Å². The van der Waals surface area contributed by atoms with Crippen molar-refractivity contribution in [2.24, 2.45) is 0 Å². The van der Waals surface area contributed by atoms with Crippen LogP contribution in [-0.2, 0) is 10.0 Å². The average molecular weight is 455 g/mol. The van der Waals surface area contributed by atoms with Crippen molar-refractivity contribution in [2.75, 3.05) is 31.1 Å². The van der Waals surface area contributed by atoms with Crippen LogP contribution >= 0.6 is 0 Å². The van der Waals surface area contributed by atoms with E-state index in [1.54, 1.807) is 6.07 Å². The SMILES string of the molecule is O=S(=O)(c1ccccc1OC(F)(F)F)N1CCN(c2cc(-n3cncn3)ncn2)CC1. The minimum Gasteiger partial charge on any atom is -0.404 e. The van der Waals surface area contributed by atoms with Gasteiger partial charge in [-0.3, -0.25) is 0 Å². The normalized spacial score (nSPS) is 15.8. The number of anilines is 1. The van der Waals surface area contributed by atoms with Gasteiger partial charge in [-0.05, 0) is 12.1 Å². The fourth-order valence-electron chi connectivity index (χ4n) is 3.13. The molecule has 0 saturated carbocycles. The van der Waals surface area contributed by atoms with Gasteiger partial charge in [-0.1, -0.05) is 12.1 Å². The second-order valence-corrected chi connectivity index (χ2v) is 8.37. The van der Waals surface area contributed by atoms with E-state index in [9.17, 15) is 21.6 Å². The summed E-state index contributed by atoms with van der Waals surface area (Å²) in [5.74, 6) is 0.305. The third kappa shape index (κ3) is 4.59. The molecule has 2 aromatic heterocycles. The molecule has 0 amide bonds. The van der Waals surface area contributed by atoms with Gasteiger partial charge in [0.2, 0.25) is 10.0 Å². The van der Waals surface area contributed by atoms with Crippen molar-refractivity contribution in [1.82, 2.24) is 29.0 Å². The number of benzene rings is 1. The molecule has 1 fully saturated rings. The fourth-order valence-corrected chi connectivity index (χ4v) is 4.67. The van der Waals surface area contributed by atoms with Crippen molar-refractivity contribution in [1.29, 1.82) is 0 Å². The summed E-state index contributed by atoms with van der Waals surface area (Å²) in [5, 5.41) is 4.00. The summed E-state index contributed by atoms with van der Waals surface area (Å²) < 4.78 is 70.4. The number of alkyl halides is 3. The largest absolute Gasteiger partial charge is 0.573 e. The first-order valence-electron chi connectivity index (χ1n) is 9.01. The highest BCUT2D eigenvalue weighted by Crippen LogP contribution is 2.31. The summed E-state index contributed by atoms with van der Waals surface area (Å²) in [4.78, 5) is 13.5. The molecule has 1 aliphatic rings. The van der Waals surface area contributed by atoms with Crippen LogP contribution in [0.1, 0.15) is 0 Å². The molecule has 0 aliphatic carbocycles. The maximum Gasteiger partial charge on any atom is 0.573 e. The number of hydrogen-bond donors (Lipinski definition) is 0. The molecule has 0 radical (unpaired) electrons. The monoisotopic (exact) mass is 455 g/mol. The number of rotatable bonds is 5. The Kier molecular flexibility index (Phi) is 5.49. The fraction of sp³-hybridized carbons (Fsp3) is 0.294. The van der Waals surface area contributed by atoms with Gasteiger partial charge in [0.1, 0.15) is 35.4 Å². The first-order valence-corrected chi connectivity index (χ1v) is 10.4. The first kappa shape index (κ1) is 21.0. The lowest BCUT2D eigenvalue weighted by molar-refractivity contribution is -0.275. The highest BCUT2D eigenvalue weighted by molar-refractivity contribution is 7.89. The van der Waals surface area contributed by atoms with Gasteiger partial charge in [0.15, 0.2) is 5.82 Å². The minimum atomic E-state index is -5.00. The lowest BCUT2D eigenvalue weighted by Crippen LogP contribution is -2.49. The van der Waals surface area contributed by atoms with Crippen molar-refractivity contribution in [3.8, 4) is 11.6 Å². The Morgan fingerprint density at radius 2 is 1.68 bits per heavy atom. The molecule has 0 N–H and O–H groups in total. The Balaban J connectivity index is 1.50. The number of ether oxygens (including phenoxy) is 1. The topological polar surface area (TPSA) is 106 Å². The van der Waals surface area contributed by atoms with Crippen molar-refractivity contribution in [3.63, 3.8) is 0 Å². The maximum atomic E-state index is 13.0. The lowest BCUT2D eigenvalue weighted by Gasteiger charge is -2.34. The molecule has 0 unspecified atom stereocenters. The zero-order valence-electron chi connectivity index (χ0n) is 15.8. The Hall–Kier alpha value is -3.26. The molecule has 0 spiro atoms. The zero-order valence-corrected chi connectivity index (χ0v) is 16.7. The van der Waals surface area contributed by atoms with E-state index in [1.807, 2.05) is 4.90 Å². The van der Waals surface area contributed by atoms with Gasteiger partial charge in [-0.2, -0.15) is 9.40 Å². The Morgan fingerprint density at radius 3 is 2.35 bits per heavy atom. The van der Waals surface area contributed by atoms with Crippen LogP contribution in [0.3, 0.4) is 0 Å². The number of aromatic nitrogens is 5. The molecule has 1 aromatic carbocycles. The first-order chi connectivity index (χ1) is 14.7. The van der Waals surface area contributed by atoms with E-state index in [1.165, 1.54) is 35.8 Å². The van der Waals surface area contributed by atoms with Gasteiger partial charge < -0.3 is 9.64 Å². The van der Waals surface area contributed by atoms with Crippen LogP contribution in [0.2, 0.25) is 0 Å². The smallest absolute Gasteiger partial charge is 0.404 e. The third-order valence-corrected chi connectivity index (χ3v) is 6.49. The Morgan fingerprint density at radius 1 is 0.968 bits per heavy atom. The summed E-state index contributed by atoms with van der Waals surface area (Å²) in [5.41, 5.74) is 0. The van der Waals surface area contributed by atoms with Crippen LogP contribution in [0, 0.1) is 0 Å². The van der Waals surface area contributed by atoms with E-state index in [4.69, 9.17) is 0 Å². The Bertz CT molecular complexity index is 1150. The summed E-state index contributed by atoms with van der Waals surface area (Å²) in [6.07, 6.45) is -0.790. The van der Waals surface area contributed by atoms with Crippen LogP contribution in [0.4, 0.5) is 19.0 Å².